The summed E-state index contributed by atoms with van der Waals surface area (Å²) in [6.07, 6.45) is 14.4. The van der Waals surface area contributed by atoms with Crippen LogP contribution in [0.3, 0.4) is 0 Å². The maximum absolute atomic E-state index is 2.73. The van der Waals surface area contributed by atoms with Gasteiger partial charge in [-0.25, -0.2) is 0 Å². The lowest BCUT2D eigenvalue weighted by atomic mass is 10.1. The second kappa shape index (κ2) is 4.52. The normalized spacial score (nSPS) is 32.9. The number of hydrogen-bond donors (Lipinski definition) is 0. The molecule has 0 amide bonds. The topological polar surface area (TPSA) is 3.24 Å². The summed E-state index contributed by atoms with van der Waals surface area (Å²) in [6, 6.07) is 0. The summed E-state index contributed by atoms with van der Waals surface area (Å²) in [5, 5.41) is 0. The minimum Gasteiger partial charge on any atom is -0.297 e. The van der Waals surface area contributed by atoms with Crippen LogP contribution in [0.4, 0.5) is 0 Å². The fourth-order valence-electron chi connectivity index (χ4n) is 2.94. The van der Waals surface area contributed by atoms with Crippen LogP contribution in [0.15, 0.2) is 24.3 Å². The molecule has 2 aliphatic rings. The van der Waals surface area contributed by atoms with Crippen LogP contribution in [-0.4, -0.2) is 23.5 Å². The van der Waals surface area contributed by atoms with Gasteiger partial charge in [0, 0.05) is 5.54 Å². The molecule has 0 aromatic carbocycles. The Bertz CT molecular complexity index is 261. The molecule has 2 aliphatic carbocycles. The van der Waals surface area contributed by atoms with Crippen molar-refractivity contribution in [3.63, 3.8) is 0 Å². The first kappa shape index (κ1) is 10.9. The van der Waals surface area contributed by atoms with Crippen molar-refractivity contribution >= 4 is 0 Å². The maximum atomic E-state index is 2.73. The number of allylic oxidation sites excluding steroid dienone is 2. The van der Waals surface area contributed by atoms with Gasteiger partial charge in [0.1, 0.15) is 0 Å². The monoisotopic (exact) mass is 205 g/mol. The Kier molecular flexibility index (Phi) is 3.30. The van der Waals surface area contributed by atoms with Gasteiger partial charge in [0.25, 0.3) is 0 Å². The summed E-state index contributed by atoms with van der Waals surface area (Å²) in [5.41, 5.74) is 0.509. The molecule has 0 saturated heterocycles. The van der Waals surface area contributed by atoms with E-state index < -0.39 is 0 Å². The van der Waals surface area contributed by atoms with Gasteiger partial charge in [0.2, 0.25) is 0 Å². The molecule has 2 rings (SSSR count). The van der Waals surface area contributed by atoms with E-state index in [9.17, 15) is 0 Å². The van der Waals surface area contributed by atoms with Crippen LogP contribution in [0.25, 0.3) is 0 Å². The van der Waals surface area contributed by atoms with Crippen molar-refractivity contribution in [2.24, 2.45) is 5.92 Å². The van der Waals surface area contributed by atoms with Gasteiger partial charge < -0.3 is 0 Å². The van der Waals surface area contributed by atoms with Crippen LogP contribution < -0.4 is 0 Å². The zero-order valence-corrected chi connectivity index (χ0v) is 10.1. The zero-order valence-electron chi connectivity index (χ0n) is 10.1. The molecular weight excluding hydrogens is 182 g/mol. The molecule has 1 saturated carbocycles. The van der Waals surface area contributed by atoms with Gasteiger partial charge in [-0.2, -0.15) is 0 Å². The predicted octanol–water partition coefficient (Wildman–Crippen LogP) is 3.38. The molecule has 15 heavy (non-hydrogen) atoms. The van der Waals surface area contributed by atoms with E-state index in [1.54, 1.807) is 0 Å². The van der Waals surface area contributed by atoms with E-state index in [-0.39, 0.29) is 0 Å². The average molecular weight is 205 g/mol. The molecule has 0 aromatic rings. The Morgan fingerprint density at radius 3 is 2.60 bits per heavy atom. The molecule has 0 aromatic heterocycles. The van der Waals surface area contributed by atoms with Crippen molar-refractivity contribution in [2.45, 2.75) is 45.1 Å². The smallest absolute Gasteiger partial charge is 0.0313 e. The van der Waals surface area contributed by atoms with Crippen molar-refractivity contribution in [1.82, 2.24) is 4.90 Å². The summed E-state index contributed by atoms with van der Waals surface area (Å²) in [5.74, 6) is 0.825. The highest BCUT2D eigenvalue weighted by Crippen LogP contribution is 2.53. The number of rotatable bonds is 5. The van der Waals surface area contributed by atoms with Gasteiger partial charge >= 0.3 is 0 Å². The quantitative estimate of drug-likeness (QED) is 0.665. The SMILES string of the molecule is CCCN(CCC)C12CC=CC=CC1C2. The minimum atomic E-state index is 0.509. The van der Waals surface area contributed by atoms with E-state index in [1.165, 1.54) is 38.8 Å². The van der Waals surface area contributed by atoms with Crippen LogP contribution >= 0.6 is 0 Å². The first-order valence-electron chi connectivity index (χ1n) is 6.42. The van der Waals surface area contributed by atoms with Crippen LogP contribution in [0, 0.1) is 5.92 Å². The highest BCUT2D eigenvalue weighted by atomic mass is 15.2. The van der Waals surface area contributed by atoms with E-state index in [0.29, 0.717) is 5.54 Å². The molecule has 0 aliphatic heterocycles. The molecular formula is C14H23N. The van der Waals surface area contributed by atoms with Crippen LogP contribution in [0.1, 0.15) is 39.5 Å². The molecule has 84 valence electrons. The van der Waals surface area contributed by atoms with Crippen molar-refractivity contribution < 1.29 is 0 Å². The second-order valence-electron chi connectivity index (χ2n) is 4.92. The number of nitrogens with zero attached hydrogens (tertiary/aromatic N) is 1. The molecule has 0 bridgehead atoms. The lowest BCUT2D eigenvalue weighted by Gasteiger charge is -2.31. The van der Waals surface area contributed by atoms with E-state index in [2.05, 4.69) is 43.1 Å². The molecule has 0 heterocycles. The predicted molar refractivity (Wildman–Crippen MR) is 65.9 cm³/mol. The summed E-state index contributed by atoms with van der Waals surface area (Å²) in [4.78, 5) is 2.73. The Balaban J connectivity index is 2.06. The number of fused-ring (bicyclic) bond motifs is 1. The van der Waals surface area contributed by atoms with Crippen LogP contribution in [0.2, 0.25) is 0 Å². The van der Waals surface area contributed by atoms with Gasteiger partial charge in [0.15, 0.2) is 0 Å². The van der Waals surface area contributed by atoms with Crippen LogP contribution in [-0.2, 0) is 0 Å². The third kappa shape index (κ3) is 2.03. The van der Waals surface area contributed by atoms with Gasteiger partial charge in [0.05, 0.1) is 0 Å². The lowest BCUT2D eigenvalue weighted by molar-refractivity contribution is 0.169. The molecule has 0 radical (unpaired) electrons. The fraction of sp³-hybridized carbons (Fsp3) is 0.714. The first-order valence-corrected chi connectivity index (χ1v) is 6.42. The second-order valence-corrected chi connectivity index (χ2v) is 4.92. The molecule has 2 atom stereocenters. The Morgan fingerprint density at radius 2 is 1.93 bits per heavy atom. The highest BCUT2D eigenvalue weighted by Gasteiger charge is 2.55. The van der Waals surface area contributed by atoms with Gasteiger partial charge in [-0.05, 0) is 44.7 Å². The Labute approximate surface area is 93.9 Å². The van der Waals surface area contributed by atoms with Gasteiger partial charge in [-0.15, -0.1) is 0 Å². The highest BCUT2D eigenvalue weighted by molar-refractivity contribution is 5.26. The van der Waals surface area contributed by atoms with Crippen molar-refractivity contribution in [1.29, 1.82) is 0 Å². The van der Waals surface area contributed by atoms with E-state index in [4.69, 9.17) is 0 Å². The average Bonchev–Trinajstić information content (AvgIpc) is 2.91. The van der Waals surface area contributed by atoms with Gasteiger partial charge in [-0.1, -0.05) is 38.2 Å². The molecule has 1 heteroatoms. The molecule has 0 spiro atoms. The standard InChI is InChI=1S/C14H23N/c1-3-10-15(11-4-2)14-9-7-5-6-8-13(14)12-14/h5-8,13H,3-4,9-12H2,1-2H3. The van der Waals surface area contributed by atoms with E-state index in [0.717, 1.165) is 5.92 Å². The Hall–Kier alpha value is -0.560. The van der Waals surface area contributed by atoms with E-state index in [1.807, 2.05) is 0 Å². The molecule has 1 nitrogen and oxygen atoms in total. The lowest BCUT2D eigenvalue weighted by Crippen LogP contribution is -2.39. The van der Waals surface area contributed by atoms with Gasteiger partial charge in [-0.3, -0.25) is 4.90 Å². The summed E-state index contributed by atoms with van der Waals surface area (Å²) >= 11 is 0. The third-order valence-corrected chi connectivity index (χ3v) is 3.78. The van der Waals surface area contributed by atoms with Crippen LogP contribution in [0.5, 0.6) is 0 Å². The van der Waals surface area contributed by atoms with Crippen molar-refractivity contribution in [3.8, 4) is 0 Å². The minimum absolute atomic E-state index is 0.509. The fourth-order valence-corrected chi connectivity index (χ4v) is 2.94. The first-order chi connectivity index (χ1) is 7.33. The summed E-state index contributed by atoms with van der Waals surface area (Å²) < 4.78 is 0. The van der Waals surface area contributed by atoms with Crippen molar-refractivity contribution in [3.05, 3.63) is 24.3 Å². The van der Waals surface area contributed by atoms with E-state index >= 15 is 0 Å². The summed E-state index contributed by atoms with van der Waals surface area (Å²) in [7, 11) is 0. The maximum Gasteiger partial charge on any atom is 0.0313 e. The zero-order chi connectivity index (χ0) is 10.7. The molecule has 2 unspecified atom stereocenters. The number of hydrogen-bond acceptors (Lipinski definition) is 1. The third-order valence-electron chi connectivity index (χ3n) is 3.78. The Morgan fingerprint density at radius 1 is 1.20 bits per heavy atom. The molecule has 1 fully saturated rings. The molecule has 0 N–H and O–H groups in total. The summed E-state index contributed by atoms with van der Waals surface area (Å²) in [6.45, 7) is 7.12. The van der Waals surface area contributed by atoms with Crippen molar-refractivity contribution in [2.75, 3.05) is 13.1 Å². The largest absolute Gasteiger partial charge is 0.297 e.